The molecular weight excluding hydrogens is 258 g/mol. The Morgan fingerprint density at radius 3 is 2.60 bits per heavy atom. The van der Waals surface area contributed by atoms with Crippen molar-refractivity contribution in [3.8, 4) is 0 Å². The van der Waals surface area contributed by atoms with Crippen molar-refractivity contribution in [3.63, 3.8) is 0 Å². The number of ether oxygens (including phenoxy) is 1. The summed E-state index contributed by atoms with van der Waals surface area (Å²) in [5.41, 5.74) is 1.41. The van der Waals surface area contributed by atoms with Crippen molar-refractivity contribution in [2.45, 2.75) is 20.5 Å². The molecule has 0 aliphatic rings. The van der Waals surface area contributed by atoms with Crippen molar-refractivity contribution >= 4 is 11.9 Å². The van der Waals surface area contributed by atoms with Gasteiger partial charge in [-0.05, 0) is 23.6 Å². The second-order valence-electron chi connectivity index (χ2n) is 5.03. The minimum Gasteiger partial charge on any atom is -0.481 e. The summed E-state index contributed by atoms with van der Waals surface area (Å²) in [7, 11) is 1.59. The molecule has 0 saturated heterocycles. The zero-order valence-corrected chi connectivity index (χ0v) is 12.1. The van der Waals surface area contributed by atoms with Gasteiger partial charge in [0.2, 0.25) is 0 Å². The third-order valence-electron chi connectivity index (χ3n) is 3.10. The number of carboxylic acids is 1. The number of benzene rings is 1. The number of rotatable bonds is 7. The lowest BCUT2D eigenvalue weighted by Gasteiger charge is -2.16. The Morgan fingerprint density at radius 2 is 2.05 bits per heavy atom. The first-order valence-corrected chi connectivity index (χ1v) is 6.54. The molecule has 0 saturated carbocycles. The van der Waals surface area contributed by atoms with Crippen LogP contribution in [-0.2, 0) is 16.1 Å². The molecule has 1 unspecified atom stereocenters. The molecule has 0 aliphatic heterocycles. The SMILES string of the molecule is COCc1cccc(C(=O)NCC(C(=O)O)C(C)C)c1. The summed E-state index contributed by atoms with van der Waals surface area (Å²) in [5.74, 6) is -1.78. The van der Waals surface area contributed by atoms with E-state index in [1.54, 1.807) is 25.3 Å². The molecule has 0 aromatic heterocycles. The summed E-state index contributed by atoms with van der Waals surface area (Å²) in [6.07, 6.45) is 0. The van der Waals surface area contributed by atoms with Gasteiger partial charge in [0, 0.05) is 19.2 Å². The van der Waals surface area contributed by atoms with Crippen LogP contribution in [0.4, 0.5) is 0 Å². The molecule has 0 aliphatic carbocycles. The molecule has 1 atom stereocenters. The second-order valence-corrected chi connectivity index (χ2v) is 5.03. The van der Waals surface area contributed by atoms with E-state index in [2.05, 4.69) is 5.32 Å². The third-order valence-corrected chi connectivity index (χ3v) is 3.10. The first-order chi connectivity index (χ1) is 9.45. The molecule has 110 valence electrons. The summed E-state index contributed by atoms with van der Waals surface area (Å²) in [5, 5.41) is 11.7. The zero-order chi connectivity index (χ0) is 15.1. The Balaban J connectivity index is 2.66. The van der Waals surface area contributed by atoms with Crippen molar-refractivity contribution in [1.82, 2.24) is 5.32 Å². The number of hydrogen-bond donors (Lipinski definition) is 2. The highest BCUT2D eigenvalue weighted by molar-refractivity contribution is 5.94. The highest BCUT2D eigenvalue weighted by Crippen LogP contribution is 2.11. The van der Waals surface area contributed by atoms with E-state index < -0.39 is 11.9 Å². The van der Waals surface area contributed by atoms with Crippen LogP contribution in [0.15, 0.2) is 24.3 Å². The lowest BCUT2D eigenvalue weighted by Crippen LogP contribution is -2.35. The van der Waals surface area contributed by atoms with Crippen LogP contribution in [0.3, 0.4) is 0 Å². The largest absolute Gasteiger partial charge is 0.481 e. The van der Waals surface area contributed by atoms with Crippen LogP contribution < -0.4 is 5.32 Å². The molecule has 5 nitrogen and oxygen atoms in total. The molecule has 1 aromatic carbocycles. The highest BCUT2D eigenvalue weighted by Gasteiger charge is 2.22. The van der Waals surface area contributed by atoms with Crippen molar-refractivity contribution in [2.75, 3.05) is 13.7 Å². The summed E-state index contributed by atoms with van der Waals surface area (Å²) < 4.78 is 5.01. The number of amides is 1. The Morgan fingerprint density at radius 1 is 1.35 bits per heavy atom. The van der Waals surface area contributed by atoms with Gasteiger partial charge in [0.25, 0.3) is 5.91 Å². The maximum absolute atomic E-state index is 12.0. The van der Waals surface area contributed by atoms with Crippen molar-refractivity contribution in [1.29, 1.82) is 0 Å². The average molecular weight is 279 g/mol. The van der Waals surface area contributed by atoms with Gasteiger partial charge in [-0.2, -0.15) is 0 Å². The number of nitrogens with one attached hydrogen (secondary N) is 1. The lowest BCUT2D eigenvalue weighted by atomic mass is 9.96. The molecule has 0 heterocycles. The predicted octanol–water partition coefficient (Wildman–Crippen LogP) is 1.92. The van der Waals surface area contributed by atoms with Gasteiger partial charge in [0.1, 0.15) is 0 Å². The zero-order valence-electron chi connectivity index (χ0n) is 12.1. The Bertz CT molecular complexity index is 471. The van der Waals surface area contributed by atoms with Gasteiger partial charge in [-0.1, -0.05) is 26.0 Å². The molecule has 1 amide bonds. The molecule has 0 spiro atoms. The molecule has 1 rings (SSSR count). The lowest BCUT2D eigenvalue weighted by molar-refractivity contribution is -0.142. The molecule has 0 fully saturated rings. The van der Waals surface area contributed by atoms with Crippen molar-refractivity contribution in [2.24, 2.45) is 11.8 Å². The average Bonchev–Trinajstić information content (AvgIpc) is 2.38. The quantitative estimate of drug-likeness (QED) is 0.799. The van der Waals surface area contributed by atoms with Crippen LogP contribution >= 0.6 is 0 Å². The third kappa shape index (κ3) is 4.66. The number of carbonyl (C=O) groups is 2. The summed E-state index contributed by atoms with van der Waals surface area (Å²) in [6.45, 7) is 4.21. The van der Waals surface area contributed by atoms with E-state index in [0.717, 1.165) is 5.56 Å². The first kappa shape index (κ1) is 16.2. The maximum atomic E-state index is 12.0. The van der Waals surface area contributed by atoms with Gasteiger partial charge in [-0.3, -0.25) is 9.59 Å². The van der Waals surface area contributed by atoms with Gasteiger partial charge in [0.15, 0.2) is 0 Å². The van der Waals surface area contributed by atoms with Gasteiger partial charge in [0.05, 0.1) is 12.5 Å². The van der Waals surface area contributed by atoms with Gasteiger partial charge < -0.3 is 15.2 Å². The maximum Gasteiger partial charge on any atom is 0.308 e. The Hall–Kier alpha value is -1.88. The number of carbonyl (C=O) groups excluding carboxylic acids is 1. The standard InChI is InChI=1S/C15H21NO4/c1-10(2)13(15(18)19)8-16-14(17)12-6-4-5-11(7-12)9-20-3/h4-7,10,13H,8-9H2,1-3H3,(H,16,17)(H,18,19). The first-order valence-electron chi connectivity index (χ1n) is 6.54. The smallest absolute Gasteiger partial charge is 0.308 e. The number of carboxylic acid groups (broad SMARTS) is 1. The topological polar surface area (TPSA) is 75.6 Å². The summed E-state index contributed by atoms with van der Waals surface area (Å²) in [4.78, 5) is 23.1. The Labute approximate surface area is 118 Å². The van der Waals surface area contributed by atoms with Crippen molar-refractivity contribution in [3.05, 3.63) is 35.4 Å². The van der Waals surface area contributed by atoms with E-state index >= 15 is 0 Å². The van der Waals surface area contributed by atoms with Crippen LogP contribution in [0.5, 0.6) is 0 Å². The van der Waals surface area contributed by atoms with E-state index in [1.807, 2.05) is 19.9 Å². The summed E-state index contributed by atoms with van der Waals surface area (Å²) >= 11 is 0. The normalized spacial score (nSPS) is 12.2. The van der Waals surface area contributed by atoms with E-state index in [4.69, 9.17) is 9.84 Å². The van der Waals surface area contributed by atoms with Gasteiger partial charge >= 0.3 is 5.97 Å². The van der Waals surface area contributed by atoms with E-state index in [0.29, 0.717) is 12.2 Å². The second kappa shape index (κ2) is 7.65. The minimum absolute atomic E-state index is 0.0346. The molecule has 2 N–H and O–H groups in total. The molecule has 0 radical (unpaired) electrons. The van der Waals surface area contributed by atoms with Crippen LogP contribution in [0, 0.1) is 11.8 Å². The van der Waals surface area contributed by atoms with Crippen LogP contribution in [-0.4, -0.2) is 30.6 Å². The number of methoxy groups -OCH3 is 1. The molecule has 20 heavy (non-hydrogen) atoms. The van der Waals surface area contributed by atoms with Crippen molar-refractivity contribution < 1.29 is 19.4 Å². The van der Waals surface area contributed by atoms with Gasteiger partial charge in [-0.15, -0.1) is 0 Å². The minimum atomic E-state index is -0.895. The Kier molecular flexibility index (Phi) is 6.18. The van der Waals surface area contributed by atoms with Crippen LogP contribution in [0.25, 0.3) is 0 Å². The fourth-order valence-electron chi connectivity index (χ4n) is 1.88. The fraction of sp³-hybridized carbons (Fsp3) is 0.467. The van der Waals surface area contributed by atoms with E-state index in [-0.39, 0.29) is 18.4 Å². The highest BCUT2D eigenvalue weighted by atomic mass is 16.5. The monoisotopic (exact) mass is 279 g/mol. The molecule has 0 bridgehead atoms. The summed E-state index contributed by atoms with van der Waals surface area (Å²) in [6, 6.07) is 7.08. The molecule has 1 aromatic rings. The predicted molar refractivity (Wildman–Crippen MR) is 75.5 cm³/mol. The van der Waals surface area contributed by atoms with Crippen LogP contribution in [0.2, 0.25) is 0 Å². The number of hydrogen-bond acceptors (Lipinski definition) is 3. The van der Waals surface area contributed by atoms with Crippen LogP contribution in [0.1, 0.15) is 29.8 Å². The van der Waals surface area contributed by atoms with Gasteiger partial charge in [-0.25, -0.2) is 0 Å². The van der Waals surface area contributed by atoms with E-state index in [9.17, 15) is 9.59 Å². The molecular formula is C15H21NO4. The molecule has 5 heteroatoms. The number of aliphatic carboxylic acids is 1. The van der Waals surface area contributed by atoms with E-state index in [1.165, 1.54) is 0 Å². The fourth-order valence-corrected chi connectivity index (χ4v) is 1.88.